The number of hydrogen-bond acceptors (Lipinski definition) is 3. The van der Waals surface area contributed by atoms with E-state index in [9.17, 15) is 4.79 Å². The first-order chi connectivity index (χ1) is 10.6. The molecule has 1 fully saturated rings. The van der Waals surface area contributed by atoms with Gasteiger partial charge in [0.1, 0.15) is 5.82 Å². The minimum atomic E-state index is -0.167. The third kappa shape index (κ3) is 3.55. The molecular weight excluding hydrogens is 276 g/mol. The molecule has 114 valence electrons. The van der Waals surface area contributed by atoms with Crippen molar-refractivity contribution in [3.05, 3.63) is 47.7 Å². The molecule has 1 saturated carbocycles. The number of aromatic nitrogens is 1. The average Bonchev–Trinajstić information content (AvgIpc) is 3.29. The number of nitrogens with one attached hydrogen (secondary N) is 3. The molecule has 1 heterocycles. The van der Waals surface area contributed by atoms with Gasteiger partial charge in [-0.05, 0) is 49.9 Å². The molecule has 5 heteroatoms. The molecule has 0 aliphatic heterocycles. The van der Waals surface area contributed by atoms with Gasteiger partial charge in [-0.25, -0.2) is 9.78 Å². The Labute approximate surface area is 130 Å². The molecule has 1 aromatic heterocycles. The van der Waals surface area contributed by atoms with E-state index in [1.807, 2.05) is 18.2 Å². The Morgan fingerprint density at radius 1 is 1.14 bits per heavy atom. The Morgan fingerprint density at radius 3 is 2.45 bits per heavy atom. The van der Waals surface area contributed by atoms with Crippen LogP contribution in [0.4, 0.5) is 22.0 Å². The standard InChI is InChI=1S/C17H20N4O/c1-11-4-3-5-12(2)16(11)21-15-9-8-14(10-18-15)20-17(22)19-13-6-7-13/h3-5,8-10,13H,6-7H2,1-2H3,(H,18,21)(H2,19,20,22). The van der Waals surface area contributed by atoms with E-state index in [1.54, 1.807) is 6.20 Å². The van der Waals surface area contributed by atoms with Crippen molar-refractivity contribution in [1.82, 2.24) is 10.3 Å². The van der Waals surface area contributed by atoms with Gasteiger partial charge in [0.2, 0.25) is 0 Å². The highest BCUT2D eigenvalue weighted by Gasteiger charge is 2.23. The largest absolute Gasteiger partial charge is 0.340 e. The number of rotatable bonds is 4. The fraction of sp³-hybridized carbons (Fsp3) is 0.294. The fourth-order valence-electron chi connectivity index (χ4n) is 2.26. The van der Waals surface area contributed by atoms with Crippen LogP contribution in [-0.2, 0) is 0 Å². The number of amides is 2. The van der Waals surface area contributed by atoms with Gasteiger partial charge >= 0.3 is 6.03 Å². The van der Waals surface area contributed by atoms with Gasteiger partial charge in [-0.2, -0.15) is 0 Å². The molecule has 0 saturated heterocycles. The average molecular weight is 296 g/mol. The van der Waals surface area contributed by atoms with Gasteiger partial charge in [0.05, 0.1) is 11.9 Å². The number of carbonyl (C=O) groups is 1. The molecule has 0 bridgehead atoms. The summed E-state index contributed by atoms with van der Waals surface area (Å²) in [5.74, 6) is 0.755. The van der Waals surface area contributed by atoms with E-state index in [4.69, 9.17) is 0 Å². The minimum Gasteiger partial charge on any atom is -0.340 e. The van der Waals surface area contributed by atoms with Crippen molar-refractivity contribution in [3.8, 4) is 0 Å². The summed E-state index contributed by atoms with van der Waals surface area (Å²) >= 11 is 0. The van der Waals surface area contributed by atoms with E-state index in [-0.39, 0.29) is 6.03 Å². The molecular formula is C17H20N4O. The van der Waals surface area contributed by atoms with Crippen LogP contribution >= 0.6 is 0 Å². The lowest BCUT2D eigenvalue weighted by molar-refractivity contribution is 0.251. The van der Waals surface area contributed by atoms with E-state index in [0.717, 1.165) is 24.3 Å². The van der Waals surface area contributed by atoms with E-state index < -0.39 is 0 Å². The molecule has 22 heavy (non-hydrogen) atoms. The van der Waals surface area contributed by atoms with Crippen molar-refractivity contribution < 1.29 is 4.79 Å². The van der Waals surface area contributed by atoms with Gasteiger partial charge in [-0.15, -0.1) is 0 Å². The zero-order chi connectivity index (χ0) is 15.5. The SMILES string of the molecule is Cc1cccc(C)c1Nc1ccc(NC(=O)NC2CC2)cn1. The highest BCUT2D eigenvalue weighted by molar-refractivity contribution is 5.89. The highest BCUT2D eigenvalue weighted by Crippen LogP contribution is 2.24. The zero-order valence-electron chi connectivity index (χ0n) is 12.8. The highest BCUT2D eigenvalue weighted by atomic mass is 16.2. The van der Waals surface area contributed by atoms with Gasteiger partial charge in [0.25, 0.3) is 0 Å². The van der Waals surface area contributed by atoms with E-state index in [0.29, 0.717) is 11.7 Å². The molecule has 2 amide bonds. The van der Waals surface area contributed by atoms with Crippen molar-refractivity contribution in [1.29, 1.82) is 0 Å². The first-order valence-electron chi connectivity index (χ1n) is 7.48. The normalized spacial score (nSPS) is 13.5. The van der Waals surface area contributed by atoms with Crippen LogP contribution in [-0.4, -0.2) is 17.1 Å². The molecule has 3 N–H and O–H groups in total. The van der Waals surface area contributed by atoms with Crippen molar-refractivity contribution in [2.24, 2.45) is 0 Å². The summed E-state index contributed by atoms with van der Waals surface area (Å²) in [5, 5.41) is 8.99. The van der Waals surface area contributed by atoms with Crippen molar-refractivity contribution >= 4 is 23.2 Å². The summed E-state index contributed by atoms with van der Waals surface area (Å²) < 4.78 is 0. The zero-order valence-corrected chi connectivity index (χ0v) is 12.8. The topological polar surface area (TPSA) is 66.0 Å². The summed E-state index contributed by atoms with van der Waals surface area (Å²) in [6.45, 7) is 4.13. The summed E-state index contributed by atoms with van der Waals surface area (Å²) in [4.78, 5) is 16.0. The molecule has 0 radical (unpaired) electrons. The van der Waals surface area contributed by atoms with Crippen LogP contribution in [0.5, 0.6) is 0 Å². The maximum absolute atomic E-state index is 11.7. The Bertz CT molecular complexity index is 657. The number of carbonyl (C=O) groups excluding carboxylic acids is 1. The Morgan fingerprint density at radius 2 is 1.86 bits per heavy atom. The van der Waals surface area contributed by atoms with Crippen LogP contribution in [0.1, 0.15) is 24.0 Å². The molecule has 5 nitrogen and oxygen atoms in total. The Hall–Kier alpha value is -2.56. The lowest BCUT2D eigenvalue weighted by atomic mass is 10.1. The van der Waals surface area contributed by atoms with Gasteiger partial charge in [0, 0.05) is 11.7 Å². The number of pyridine rings is 1. The molecule has 0 unspecified atom stereocenters. The molecule has 3 rings (SSSR count). The summed E-state index contributed by atoms with van der Waals surface area (Å²) in [6.07, 6.45) is 3.80. The summed E-state index contributed by atoms with van der Waals surface area (Å²) in [5.41, 5.74) is 4.10. The van der Waals surface area contributed by atoms with Crippen LogP contribution in [0.15, 0.2) is 36.5 Å². The summed E-state index contributed by atoms with van der Waals surface area (Å²) in [6, 6.07) is 10.0. The molecule has 2 aromatic rings. The maximum Gasteiger partial charge on any atom is 0.319 e. The predicted molar refractivity (Wildman–Crippen MR) is 88.6 cm³/mol. The second kappa shape index (κ2) is 6.05. The second-order valence-electron chi connectivity index (χ2n) is 5.70. The van der Waals surface area contributed by atoms with Crippen LogP contribution < -0.4 is 16.0 Å². The predicted octanol–water partition coefficient (Wildman–Crippen LogP) is 3.73. The van der Waals surface area contributed by atoms with Crippen molar-refractivity contribution in [2.45, 2.75) is 32.7 Å². The van der Waals surface area contributed by atoms with Gasteiger partial charge in [-0.1, -0.05) is 18.2 Å². The number of benzene rings is 1. The van der Waals surface area contributed by atoms with Gasteiger partial charge in [-0.3, -0.25) is 0 Å². The van der Waals surface area contributed by atoms with E-state index in [2.05, 4.69) is 46.9 Å². The number of nitrogens with zero attached hydrogens (tertiary/aromatic N) is 1. The Kier molecular flexibility index (Phi) is 3.96. The molecule has 1 aromatic carbocycles. The summed E-state index contributed by atoms with van der Waals surface area (Å²) in [7, 11) is 0. The fourth-order valence-corrected chi connectivity index (χ4v) is 2.26. The van der Waals surface area contributed by atoms with Gasteiger partial charge in [0.15, 0.2) is 0 Å². The van der Waals surface area contributed by atoms with Crippen molar-refractivity contribution in [2.75, 3.05) is 10.6 Å². The molecule has 1 aliphatic carbocycles. The minimum absolute atomic E-state index is 0.167. The smallest absolute Gasteiger partial charge is 0.319 e. The third-order valence-electron chi connectivity index (χ3n) is 3.67. The quantitative estimate of drug-likeness (QED) is 0.805. The number of aryl methyl sites for hydroxylation is 2. The molecule has 1 aliphatic rings. The second-order valence-corrected chi connectivity index (χ2v) is 5.70. The van der Waals surface area contributed by atoms with Crippen LogP contribution in [0, 0.1) is 13.8 Å². The van der Waals surface area contributed by atoms with E-state index >= 15 is 0 Å². The number of urea groups is 1. The van der Waals surface area contributed by atoms with E-state index in [1.165, 1.54) is 11.1 Å². The van der Waals surface area contributed by atoms with Crippen LogP contribution in [0.25, 0.3) is 0 Å². The Balaban J connectivity index is 1.64. The maximum atomic E-state index is 11.7. The molecule has 0 spiro atoms. The van der Waals surface area contributed by atoms with Crippen molar-refractivity contribution in [3.63, 3.8) is 0 Å². The lowest BCUT2D eigenvalue weighted by Gasteiger charge is -2.12. The number of hydrogen-bond donors (Lipinski definition) is 3. The monoisotopic (exact) mass is 296 g/mol. The number of anilines is 3. The van der Waals surface area contributed by atoms with Crippen LogP contribution in [0.2, 0.25) is 0 Å². The van der Waals surface area contributed by atoms with Gasteiger partial charge < -0.3 is 16.0 Å². The molecule has 0 atom stereocenters. The number of para-hydroxylation sites is 1. The first kappa shape index (κ1) is 14.4. The first-order valence-corrected chi connectivity index (χ1v) is 7.48. The lowest BCUT2D eigenvalue weighted by Crippen LogP contribution is -2.30. The third-order valence-corrected chi connectivity index (χ3v) is 3.67. The van der Waals surface area contributed by atoms with Crippen LogP contribution in [0.3, 0.4) is 0 Å².